The molecule has 1 heterocycles. The van der Waals surface area contributed by atoms with Gasteiger partial charge in [0.1, 0.15) is 5.75 Å². The number of aromatic nitrogens is 1. The fraction of sp³-hybridized carbons (Fsp3) is 0.158. The Morgan fingerprint density at radius 3 is 2.45 bits per heavy atom. The van der Waals surface area contributed by atoms with E-state index in [0.29, 0.717) is 17.0 Å². The van der Waals surface area contributed by atoms with Gasteiger partial charge in [0.15, 0.2) is 32.7 Å². The molecule has 0 aliphatic heterocycles. The molecule has 0 radical (unpaired) electrons. The molecule has 0 aliphatic rings. The van der Waals surface area contributed by atoms with E-state index in [0.717, 1.165) is 29.7 Å². The molecule has 152 valence electrons. The summed E-state index contributed by atoms with van der Waals surface area (Å²) >= 11 is 1.13. The highest BCUT2D eigenvalue weighted by atomic mass is 32.2. The van der Waals surface area contributed by atoms with Gasteiger partial charge in [0.25, 0.3) is 5.91 Å². The highest BCUT2D eigenvalue weighted by molar-refractivity contribution is 7.90. The van der Waals surface area contributed by atoms with Crippen molar-refractivity contribution in [1.29, 1.82) is 0 Å². The van der Waals surface area contributed by atoms with Crippen LogP contribution in [0.25, 0.3) is 11.3 Å². The van der Waals surface area contributed by atoms with E-state index >= 15 is 0 Å². The molecule has 3 rings (SSSR count). The molecule has 0 aliphatic carbocycles. The minimum Gasteiger partial charge on any atom is -0.481 e. The number of halogens is 2. The molecule has 1 atom stereocenters. The van der Waals surface area contributed by atoms with Gasteiger partial charge < -0.3 is 4.74 Å². The number of hydrogen-bond donors (Lipinski definition) is 1. The molecule has 0 bridgehead atoms. The Kier molecular flexibility index (Phi) is 5.94. The van der Waals surface area contributed by atoms with Gasteiger partial charge >= 0.3 is 0 Å². The third-order valence-electron chi connectivity index (χ3n) is 3.88. The lowest BCUT2D eigenvalue weighted by Crippen LogP contribution is -2.30. The van der Waals surface area contributed by atoms with Crippen molar-refractivity contribution >= 4 is 32.2 Å². The fourth-order valence-corrected chi connectivity index (χ4v) is 3.70. The van der Waals surface area contributed by atoms with E-state index in [1.54, 1.807) is 5.38 Å². The highest BCUT2D eigenvalue weighted by Gasteiger charge is 2.17. The van der Waals surface area contributed by atoms with E-state index < -0.39 is 33.5 Å². The summed E-state index contributed by atoms with van der Waals surface area (Å²) in [5, 5.41) is 4.48. The molecule has 0 saturated heterocycles. The summed E-state index contributed by atoms with van der Waals surface area (Å²) < 4.78 is 54.9. The van der Waals surface area contributed by atoms with Crippen molar-refractivity contribution in [3.8, 4) is 17.0 Å². The highest BCUT2D eigenvalue weighted by Crippen LogP contribution is 2.26. The number of nitrogens with one attached hydrogen (secondary N) is 1. The maximum atomic E-state index is 13.4. The first kappa shape index (κ1) is 20.9. The minimum atomic E-state index is -3.32. The lowest BCUT2D eigenvalue weighted by molar-refractivity contribution is -0.122. The van der Waals surface area contributed by atoms with Gasteiger partial charge in [-0.15, -0.1) is 11.3 Å². The van der Waals surface area contributed by atoms with Crippen molar-refractivity contribution in [2.75, 3.05) is 11.6 Å². The molecule has 29 heavy (non-hydrogen) atoms. The van der Waals surface area contributed by atoms with Crippen molar-refractivity contribution in [1.82, 2.24) is 4.98 Å². The number of sulfone groups is 1. The van der Waals surface area contributed by atoms with Gasteiger partial charge in [-0.2, -0.15) is 0 Å². The molecule has 1 amide bonds. The van der Waals surface area contributed by atoms with Gasteiger partial charge in [-0.05, 0) is 49.4 Å². The summed E-state index contributed by atoms with van der Waals surface area (Å²) in [6, 6.07) is 9.14. The smallest absolute Gasteiger partial charge is 0.266 e. The standard InChI is InChI=1S/C19H16F2N2O4S2/c1-11(27-13-4-6-14(7-5-13)29(2,25)26)18(24)23-19-22-17(10-28-19)12-3-8-15(20)16(21)9-12/h3-11H,1-2H3,(H,22,23,24). The predicted molar refractivity (Wildman–Crippen MR) is 106 cm³/mol. The number of ether oxygens (including phenoxy) is 1. The van der Waals surface area contributed by atoms with Crippen LogP contribution < -0.4 is 10.1 Å². The lowest BCUT2D eigenvalue weighted by Gasteiger charge is -2.14. The number of carbonyl (C=O) groups is 1. The zero-order valence-corrected chi connectivity index (χ0v) is 17.0. The number of anilines is 1. The molecule has 2 aromatic carbocycles. The van der Waals surface area contributed by atoms with Gasteiger partial charge in [0.2, 0.25) is 0 Å². The molecule has 1 aromatic heterocycles. The minimum absolute atomic E-state index is 0.148. The van der Waals surface area contributed by atoms with Crippen LogP contribution >= 0.6 is 11.3 Å². The van der Waals surface area contributed by atoms with Crippen molar-refractivity contribution in [2.24, 2.45) is 0 Å². The Balaban J connectivity index is 1.64. The summed E-state index contributed by atoms with van der Waals surface area (Å²) in [6.07, 6.45) is 0.219. The Labute approximate surface area is 170 Å². The van der Waals surface area contributed by atoms with Crippen LogP contribution in [0.15, 0.2) is 52.7 Å². The Morgan fingerprint density at radius 2 is 1.83 bits per heavy atom. The van der Waals surface area contributed by atoms with Crippen LogP contribution in [-0.2, 0) is 14.6 Å². The van der Waals surface area contributed by atoms with Gasteiger partial charge in [-0.3, -0.25) is 10.1 Å². The fourth-order valence-electron chi connectivity index (χ4n) is 2.35. The molecule has 1 unspecified atom stereocenters. The number of amides is 1. The largest absolute Gasteiger partial charge is 0.481 e. The number of nitrogens with zero attached hydrogens (tertiary/aromatic N) is 1. The maximum Gasteiger partial charge on any atom is 0.266 e. The van der Waals surface area contributed by atoms with E-state index in [4.69, 9.17) is 4.74 Å². The molecule has 10 heteroatoms. The molecule has 6 nitrogen and oxygen atoms in total. The third kappa shape index (κ3) is 5.15. The molecule has 1 N–H and O–H groups in total. The van der Waals surface area contributed by atoms with Crippen LogP contribution in [0.3, 0.4) is 0 Å². The predicted octanol–water partition coefficient (Wildman–Crippen LogP) is 3.90. The van der Waals surface area contributed by atoms with Gasteiger partial charge in [0.05, 0.1) is 10.6 Å². The SMILES string of the molecule is CC(Oc1ccc(S(C)(=O)=O)cc1)C(=O)Nc1nc(-c2ccc(F)c(F)c2)cs1. The van der Waals surface area contributed by atoms with Crippen molar-refractivity contribution in [3.05, 3.63) is 59.5 Å². The Morgan fingerprint density at radius 1 is 1.14 bits per heavy atom. The molecule has 0 fully saturated rings. The number of carbonyl (C=O) groups excluding carboxylic acids is 1. The quantitative estimate of drug-likeness (QED) is 0.631. The summed E-state index contributed by atoms with van der Waals surface area (Å²) in [5.74, 6) is -2.07. The normalized spacial score (nSPS) is 12.4. The van der Waals surface area contributed by atoms with Gasteiger partial charge in [-0.25, -0.2) is 22.2 Å². The molecule has 0 spiro atoms. The number of benzene rings is 2. The van der Waals surface area contributed by atoms with Gasteiger partial charge in [0, 0.05) is 17.2 Å². The summed E-state index contributed by atoms with van der Waals surface area (Å²) in [4.78, 5) is 16.7. The second kappa shape index (κ2) is 8.26. The second-order valence-corrected chi connectivity index (χ2v) is 9.03. The molecule has 3 aromatic rings. The average Bonchev–Trinajstić information content (AvgIpc) is 3.12. The van der Waals surface area contributed by atoms with E-state index in [-0.39, 0.29) is 10.0 Å². The molecular weight excluding hydrogens is 422 g/mol. The molecule has 0 saturated carbocycles. The van der Waals surface area contributed by atoms with E-state index in [9.17, 15) is 22.0 Å². The van der Waals surface area contributed by atoms with Crippen molar-refractivity contribution < 1.29 is 26.7 Å². The van der Waals surface area contributed by atoms with E-state index in [1.165, 1.54) is 37.3 Å². The molecular formula is C19H16F2N2O4S2. The summed E-state index contributed by atoms with van der Waals surface area (Å²) in [5.41, 5.74) is 0.782. The van der Waals surface area contributed by atoms with Gasteiger partial charge in [-0.1, -0.05) is 0 Å². The Hall–Kier alpha value is -2.85. The van der Waals surface area contributed by atoms with E-state index in [2.05, 4.69) is 10.3 Å². The zero-order valence-electron chi connectivity index (χ0n) is 15.3. The topological polar surface area (TPSA) is 85.4 Å². The summed E-state index contributed by atoms with van der Waals surface area (Å²) in [7, 11) is -3.32. The number of thiazole rings is 1. The first-order valence-electron chi connectivity index (χ1n) is 8.32. The Bertz CT molecular complexity index is 1150. The van der Waals surface area contributed by atoms with Crippen molar-refractivity contribution in [2.45, 2.75) is 17.9 Å². The first-order chi connectivity index (χ1) is 13.6. The first-order valence-corrected chi connectivity index (χ1v) is 11.1. The summed E-state index contributed by atoms with van der Waals surface area (Å²) in [6.45, 7) is 1.53. The second-order valence-electron chi connectivity index (χ2n) is 6.16. The monoisotopic (exact) mass is 438 g/mol. The van der Waals surface area contributed by atoms with Crippen LogP contribution in [0.4, 0.5) is 13.9 Å². The number of hydrogen-bond acceptors (Lipinski definition) is 6. The third-order valence-corrected chi connectivity index (χ3v) is 5.77. The average molecular weight is 438 g/mol. The van der Waals surface area contributed by atoms with E-state index in [1.807, 2.05) is 0 Å². The van der Waals surface area contributed by atoms with Crippen LogP contribution in [0.2, 0.25) is 0 Å². The van der Waals surface area contributed by atoms with Crippen LogP contribution in [0.5, 0.6) is 5.75 Å². The van der Waals surface area contributed by atoms with Crippen LogP contribution in [0, 0.1) is 11.6 Å². The maximum absolute atomic E-state index is 13.4. The zero-order chi connectivity index (χ0) is 21.2. The van der Waals surface area contributed by atoms with Crippen molar-refractivity contribution in [3.63, 3.8) is 0 Å². The van der Waals surface area contributed by atoms with Crippen LogP contribution in [0.1, 0.15) is 6.92 Å². The van der Waals surface area contributed by atoms with Crippen LogP contribution in [-0.4, -0.2) is 31.7 Å². The lowest BCUT2D eigenvalue weighted by atomic mass is 10.2. The number of rotatable bonds is 6.